The molecule has 0 bridgehead atoms. The van der Waals surface area contributed by atoms with Gasteiger partial charge in [-0.25, -0.2) is 0 Å². The van der Waals surface area contributed by atoms with Crippen LogP contribution >= 0.6 is 0 Å². The first-order valence-corrected chi connectivity index (χ1v) is 14.1. The summed E-state index contributed by atoms with van der Waals surface area (Å²) in [5, 5.41) is 0. The van der Waals surface area contributed by atoms with E-state index >= 15 is 0 Å². The summed E-state index contributed by atoms with van der Waals surface area (Å²) in [7, 11) is 0. The lowest BCUT2D eigenvalue weighted by molar-refractivity contribution is -0.128. The summed E-state index contributed by atoms with van der Waals surface area (Å²) in [6.07, 6.45) is 3.26. The van der Waals surface area contributed by atoms with Gasteiger partial charge in [-0.3, -0.25) is 9.69 Å². The van der Waals surface area contributed by atoms with Crippen molar-refractivity contribution in [2.24, 2.45) is 0 Å². The molecule has 0 aliphatic carbocycles. The van der Waals surface area contributed by atoms with Gasteiger partial charge in [-0.15, -0.1) is 0 Å². The highest BCUT2D eigenvalue weighted by atomic mass is 16.5. The summed E-state index contributed by atoms with van der Waals surface area (Å²) in [5.74, 6) is 2.43. The second-order valence-corrected chi connectivity index (χ2v) is 12.2. The number of likely N-dealkylation sites (tertiary alicyclic amines) is 2. The molecule has 0 radical (unpaired) electrons. The Morgan fingerprint density at radius 2 is 1.62 bits per heavy atom. The van der Waals surface area contributed by atoms with E-state index in [1.165, 1.54) is 16.7 Å². The van der Waals surface area contributed by atoms with Gasteiger partial charge < -0.3 is 14.4 Å². The van der Waals surface area contributed by atoms with Crippen molar-refractivity contribution in [3.63, 3.8) is 0 Å². The zero-order valence-electron chi connectivity index (χ0n) is 23.9. The number of nitrogens with zero attached hydrogens (tertiary/aromatic N) is 2. The highest BCUT2D eigenvalue weighted by Crippen LogP contribution is 2.35. The minimum atomic E-state index is -0.0598. The van der Waals surface area contributed by atoms with Gasteiger partial charge >= 0.3 is 0 Å². The fourth-order valence-electron chi connectivity index (χ4n) is 5.73. The predicted octanol–water partition coefficient (Wildman–Crippen LogP) is 6.19. The molecule has 2 atom stereocenters. The van der Waals surface area contributed by atoms with Crippen LogP contribution in [0.5, 0.6) is 11.5 Å². The number of carbonyl (C=O) groups is 1. The fourth-order valence-corrected chi connectivity index (χ4v) is 5.73. The van der Waals surface area contributed by atoms with E-state index < -0.39 is 0 Å². The molecule has 2 aliphatic heterocycles. The molecule has 2 aliphatic rings. The molecule has 37 heavy (non-hydrogen) atoms. The second kappa shape index (κ2) is 11.5. The molecule has 2 aromatic carbocycles. The van der Waals surface area contributed by atoms with Crippen LogP contribution in [0.3, 0.4) is 0 Å². The van der Waals surface area contributed by atoms with Crippen LogP contribution in [0.2, 0.25) is 0 Å². The minimum Gasteiger partial charge on any atom is -0.489 e. The van der Waals surface area contributed by atoms with Crippen molar-refractivity contribution in [2.75, 3.05) is 26.2 Å². The molecule has 0 N–H and O–H groups in total. The van der Waals surface area contributed by atoms with E-state index in [1.54, 1.807) is 6.92 Å². The summed E-state index contributed by atoms with van der Waals surface area (Å²) >= 11 is 0. The van der Waals surface area contributed by atoms with Crippen LogP contribution in [-0.4, -0.2) is 60.1 Å². The Bertz CT molecular complexity index is 1080. The van der Waals surface area contributed by atoms with Crippen LogP contribution in [0.4, 0.5) is 0 Å². The molecule has 2 saturated heterocycles. The number of amides is 1. The molecule has 4 rings (SSSR count). The Kier molecular flexibility index (Phi) is 8.52. The smallest absolute Gasteiger partial charge is 0.219 e. The Morgan fingerprint density at radius 1 is 0.946 bits per heavy atom. The molecular formula is C32H46N2O3. The SMILES string of the molecule is CC(=O)N1CCC(Oc2cccc(C(C)(C)Cc3ccc(OC4CCN(C(C)C)C4)cc3C(C)C)c2)C1. The Morgan fingerprint density at radius 3 is 2.24 bits per heavy atom. The number of benzene rings is 2. The van der Waals surface area contributed by atoms with Crippen LogP contribution in [-0.2, 0) is 16.6 Å². The molecule has 0 saturated carbocycles. The van der Waals surface area contributed by atoms with Crippen LogP contribution < -0.4 is 9.47 Å². The Hall–Kier alpha value is -2.53. The number of hydrogen-bond donors (Lipinski definition) is 0. The van der Waals surface area contributed by atoms with Crippen molar-refractivity contribution < 1.29 is 14.3 Å². The monoisotopic (exact) mass is 506 g/mol. The predicted molar refractivity (Wildman–Crippen MR) is 151 cm³/mol. The van der Waals surface area contributed by atoms with Crippen molar-refractivity contribution in [3.8, 4) is 11.5 Å². The van der Waals surface area contributed by atoms with Crippen LogP contribution in [0.15, 0.2) is 42.5 Å². The molecular weight excluding hydrogens is 460 g/mol. The molecule has 2 aromatic rings. The number of rotatable bonds is 9. The molecule has 202 valence electrons. The van der Waals surface area contributed by atoms with Crippen molar-refractivity contribution in [3.05, 3.63) is 59.2 Å². The lowest BCUT2D eigenvalue weighted by atomic mass is 9.77. The summed E-state index contributed by atoms with van der Waals surface area (Å²) < 4.78 is 12.7. The van der Waals surface area contributed by atoms with Crippen molar-refractivity contribution >= 4 is 5.91 Å². The zero-order valence-corrected chi connectivity index (χ0v) is 23.9. The summed E-state index contributed by atoms with van der Waals surface area (Å²) in [6.45, 7) is 18.9. The van der Waals surface area contributed by atoms with Crippen molar-refractivity contribution in [2.45, 2.75) is 97.3 Å². The summed E-state index contributed by atoms with van der Waals surface area (Å²) in [5.41, 5.74) is 3.95. The first-order valence-electron chi connectivity index (χ1n) is 14.1. The zero-order chi connectivity index (χ0) is 26.7. The standard InChI is InChI=1S/C32H46N2O3/c1-22(2)31-18-28(37-29-13-15-33(20-29)23(3)4)12-11-25(31)19-32(6,7)26-9-8-10-27(17-26)36-30-14-16-34(21-30)24(5)35/h8-12,17-18,22-23,29-30H,13-16,19-21H2,1-7H3. The van der Waals surface area contributed by atoms with Gasteiger partial charge in [-0.2, -0.15) is 0 Å². The van der Waals surface area contributed by atoms with E-state index in [1.807, 2.05) is 11.0 Å². The maximum absolute atomic E-state index is 11.7. The van der Waals surface area contributed by atoms with Gasteiger partial charge in [0.2, 0.25) is 5.91 Å². The highest BCUT2D eigenvalue weighted by Gasteiger charge is 2.28. The van der Waals surface area contributed by atoms with Crippen LogP contribution in [0, 0.1) is 0 Å². The van der Waals surface area contributed by atoms with Crippen LogP contribution in [0.1, 0.15) is 83.9 Å². The van der Waals surface area contributed by atoms with Gasteiger partial charge in [0.05, 0.1) is 6.54 Å². The lowest BCUT2D eigenvalue weighted by Crippen LogP contribution is -2.30. The molecule has 0 aromatic heterocycles. The van der Waals surface area contributed by atoms with Gasteiger partial charge in [0.25, 0.3) is 0 Å². The molecule has 0 spiro atoms. The van der Waals surface area contributed by atoms with Gasteiger partial charge in [0.15, 0.2) is 0 Å². The van der Waals surface area contributed by atoms with Crippen LogP contribution in [0.25, 0.3) is 0 Å². The molecule has 5 nitrogen and oxygen atoms in total. The van der Waals surface area contributed by atoms with Gasteiger partial charge in [-0.1, -0.05) is 45.9 Å². The summed E-state index contributed by atoms with van der Waals surface area (Å²) in [6, 6.07) is 15.8. The third-order valence-corrected chi connectivity index (χ3v) is 8.09. The Labute approximate surface area is 224 Å². The third-order valence-electron chi connectivity index (χ3n) is 8.09. The van der Waals surface area contributed by atoms with E-state index in [2.05, 4.69) is 82.8 Å². The first-order chi connectivity index (χ1) is 17.5. The quantitative estimate of drug-likeness (QED) is 0.407. The topological polar surface area (TPSA) is 42.0 Å². The van der Waals surface area contributed by atoms with Crippen molar-refractivity contribution in [1.82, 2.24) is 9.80 Å². The van der Waals surface area contributed by atoms with Crippen molar-refractivity contribution in [1.29, 1.82) is 0 Å². The number of carbonyl (C=O) groups excluding carboxylic acids is 1. The first kappa shape index (κ1) is 27.5. The van der Waals surface area contributed by atoms with E-state index in [-0.39, 0.29) is 23.5 Å². The molecule has 2 unspecified atom stereocenters. The number of ether oxygens (including phenoxy) is 2. The fraction of sp³-hybridized carbons (Fsp3) is 0.594. The average Bonchev–Trinajstić information content (AvgIpc) is 3.50. The van der Waals surface area contributed by atoms with E-state index in [4.69, 9.17) is 9.47 Å². The molecule has 5 heteroatoms. The maximum atomic E-state index is 11.7. The lowest BCUT2D eigenvalue weighted by Gasteiger charge is -2.28. The van der Waals surface area contributed by atoms with Gasteiger partial charge in [0, 0.05) is 39.0 Å². The minimum absolute atomic E-state index is 0.0598. The largest absolute Gasteiger partial charge is 0.489 e. The van der Waals surface area contributed by atoms with E-state index in [9.17, 15) is 4.79 Å². The third kappa shape index (κ3) is 6.87. The molecule has 2 fully saturated rings. The average molecular weight is 507 g/mol. The van der Waals surface area contributed by atoms with E-state index in [0.29, 0.717) is 18.5 Å². The number of hydrogen-bond acceptors (Lipinski definition) is 4. The van der Waals surface area contributed by atoms with Gasteiger partial charge in [0.1, 0.15) is 23.7 Å². The summed E-state index contributed by atoms with van der Waals surface area (Å²) in [4.78, 5) is 16.0. The molecule has 1 amide bonds. The normalized spacial score (nSPS) is 20.7. The second-order valence-electron chi connectivity index (χ2n) is 12.2. The van der Waals surface area contributed by atoms with Gasteiger partial charge in [-0.05, 0) is 79.0 Å². The molecule has 2 heterocycles. The maximum Gasteiger partial charge on any atom is 0.219 e. The Balaban J connectivity index is 1.45. The van der Waals surface area contributed by atoms with E-state index in [0.717, 1.165) is 50.4 Å². The highest BCUT2D eigenvalue weighted by molar-refractivity contribution is 5.73.